The van der Waals surface area contributed by atoms with Crippen molar-refractivity contribution in [3.8, 4) is 6.07 Å². The normalized spacial score (nSPS) is 12.8. The number of hydrogen-bond acceptors (Lipinski definition) is 2. The van der Waals surface area contributed by atoms with E-state index in [0.717, 1.165) is 19.5 Å². The molecule has 0 aromatic carbocycles. The summed E-state index contributed by atoms with van der Waals surface area (Å²) in [6.45, 7) is 8.40. The molecule has 0 aliphatic rings. The molecule has 0 N–H and O–H groups in total. The topological polar surface area (TPSA) is 27.0 Å². The lowest BCUT2D eigenvalue weighted by Crippen LogP contribution is -2.33. The summed E-state index contributed by atoms with van der Waals surface area (Å²) in [4.78, 5) is 2.23. The second-order valence-corrected chi connectivity index (χ2v) is 3.36. The molecule has 0 fully saturated rings. The number of hydrogen-bond donors (Lipinski definition) is 0. The Morgan fingerprint density at radius 2 is 1.77 bits per heavy atom. The molecular weight excluding hydrogens is 160 g/mol. The number of rotatable bonds is 7. The second-order valence-electron chi connectivity index (χ2n) is 3.36. The molecule has 0 aromatic rings. The first-order valence-corrected chi connectivity index (χ1v) is 5.43. The summed E-state index contributed by atoms with van der Waals surface area (Å²) in [7, 11) is 0. The molecule has 0 aromatic heterocycles. The smallest absolute Gasteiger partial charge is 0.0977 e. The monoisotopic (exact) mass is 182 g/mol. The highest BCUT2D eigenvalue weighted by atomic mass is 15.1. The van der Waals surface area contributed by atoms with Gasteiger partial charge in [-0.1, -0.05) is 40.0 Å². The molecule has 0 heterocycles. The van der Waals surface area contributed by atoms with Gasteiger partial charge in [-0.25, -0.2) is 0 Å². The molecule has 13 heavy (non-hydrogen) atoms. The van der Waals surface area contributed by atoms with Crippen LogP contribution < -0.4 is 0 Å². The highest BCUT2D eigenvalue weighted by Gasteiger charge is 2.13. The Morgan fingerprint density at radius 3 is 2.15 bits per heavy atom. The van der Waals surface area contributed by atoms with Crippen LogP contribution in [0.3, 0.4) is 0 Å². The van der Waals surface area contributed by atoms with E-state index in [1.54, 1.807) is 0 Å². The van der Waals surface area contributed by atoms with Gasteiger partial charge in [0.05, 0.1) is 12.1 Å². The van der Waals surface area contributed by atoms with Gasteiger partial charge in [0.15, 0.2) is 0 Å². The summed E-state index contributed by atoms with van der Waals surface area (Å²) in [5, 5.41) is 8.97. The van der Waals surface area contributed by atoms with E-state index in [2.05, 4.69) is 31.7 Å². The Bertz CT molecular complexity index is 145. The van der Waals surface area contributed by atoms with Crippen molar-refractivity contribution in [1.29, 1.82) is 5.26 Å². The molecule has 0 amide bonds. The van der Waals surface area contributed by atoms with E-state index < -0.39 is 0 Å². The van der Waals surface area contributed by atoms with E-state index in [1.807, 2.05) is 0 Å². The van der Waals surface area contributed by atoms with Crippen LogP contribution >= 0.6 is 0 Å². The van der Waals surface area contributed by atoms with Crippen LogP contribution in [-0.2, 0) is 0 Å². The summed E-state index contributed by atoms with van der Waals surface area (Å²) in [5.41, 5.74) is 0. The van der Waals surface area contributed by atoms with Gasteiger partial charge in [-0.15, -0.1) is 0 Å². The molecule has 1 unspecified atom stereocenters. The fourth-order valence-electron chi connectivity index (χ4n) is 1.58. The highest BCUT2D eigenvalue weighted by Crippen LogP contribution is 2.08. The van der Waals surface area contributed by atoms with E-state index in [4.69, 9.17) is 5.26 Å². The molecule has 0 aliphatic carbocycles. The summed E-state index contributed by atoms with van der Waals surface area (Å²) >= 11 is 0. The first-order chi connectivity index (χ1) is 6.29. The highest BCUT2D eigenvalue weighted by molar-refractivity contribution is 4.90. The van der Waals surface area contributed by atoms with E-state index in [0.29, 0.717) is 0 Å². The van der Waals surface area contributed by atoms with Gasteiger partial charge in [0, 0.05) is 0 Å². The van der Waals surface area contributed by atoms with Crippen LogP contribution in [0.5, 0.6) is 0 Å². The molecule has 1 atom stereocenters. The van der Waals surface area contributed by atoms with E-state index >= 15 is 0 Å². The number of nitriles is 1. The average molecular weight is 182 g/mol. The number of unbranched alkanes of at least 4 members (excludes halogenated alkanes) is 2. The summed E-state index contributed by atoms with van der Waals surface area (Å²) in [6, 6.07) is 2.53. The largest absolute Gasteiger partial charge is 0.289 e. The van der Waals surface area contributed by atoms with Crippen molar-refractivity contribution < 1.29 is 0 Å². The summed E-state index contributed by atoms with van der Waals surface area (Å²) in [5.74, 6) is 0. The Morgan fingerprint density at radius 1 is 1.15 bits per heavy atom. The molecule has 2 nitrogen and oxygen atoms in total. The molecule has 0 radical (unpaired) electrons. The van der Waals surface area contributed by atoms with E-state index in [-0.39, 0.29) is 6.04 Å². The van der Waals surface area contributed by atoms with Crippen molar-refractivity contribution in [2.24, 2.45) is 0 Å². The standard InChI is InChI=1S/C11H22N2/c1-4-7-8-9-11(10-12)13(5-2)6-3/h11H,4-9H2,1-3H3. The third-order valence-corrected chi connectivity index (χ3v) is 2.48. The number of nitrogens with zero attached hydrogens (tertiary/aromatic N) is 2. The SMILES string of the molecule is CCCCCC(C#N)N(CC)CC. The van der Waals surface area contributed by atoms with Crippen LogP contribution in [0.15, 0.2) is 0 Å². The van der Waals surface area contributed by atoms with Gasteiger partial charge < -0.3 is 0 Å². The lowest BCUT2D eigenvalue weighted by molar-refractivity contribution is 0.245. The Labute approximate surface area is 82.5 Å². The van der Waals surface area contributed by atoms with Crippen molar-refractivity contribution in [3.63, 3.8) is 0 Å². The van der Waals surface area contributed by atoms with Gasteiger partial charge in [0.1, 0.15) is 0 Å². The minimum absolute atomic E-state index is 0.140. The lowest BCUT2D eigenvalue weighted by atomic mass is 10.1. The second kappa shape index (κ2) is 8.07. The quantitative estimate of drug-likeness (QED) is 0.566. The molecule has 0 saturated heterocycles. The maximum Gasteiger partial charge on any atom is 0.0977 e. The van der Waals surface area contributed by atoms with Gasteiger partial charge in [0.25, 0.3) is 0 Å². The van der Waals surface area contributed by atoms with Crippen molar-refractivity contribution in [2.45, 2.75) is 52.5 Å². The predicted molar refractivity (Wildman–Crippen MR) is 56.5 cm³/mol. The van der Waals surface area contributed by atoms with Crippen molar-refractivity contribution in [3.05, 3.63) is 0 Å². The Kier molecular flexibility index (Phi) is 7.73. The summed E-state index contributed by atoms with van der Waals surface area (Å²) < 4.78 is 0. The van der Waals surface area contributed by atoms with Gasteiger partial charge in [-0.05, 0) is 19.5 Å². The van der Waals surface area contributed by atoms with Crippen molar-refractivity contribution in [2.75, 3.05) is 13.1 Å². The predicted octanol–water partition coefficient (Wildman–Crippen LogP) is 2.80. The van der Waals surface area contributed by atoms with Gasteiger partial charge >= 0.3 is 0 Å². The lowest BCUT2D eigenvalue weighted by Gasteiger charge is -2.23. The Balaban J connectivity index is 3.80. The minimum Gasteiger partial charge on any atom is -0.289 e. The molecular formula is C11H22N2. The maximum atomic E-state index is 8.97. The van der Waals surface area contributed by atoms with Crippen LogP contribution in [0.1, 0.15) is 46.5 Å². The molecule has 76 valence electrons. The molecule has 2 heteroatoms. The molecule has 0 bridgehead atoms. The maximum absolute atomic E-state index is 8.97. The van der Waals surface area contributed by atoms with Gasteiger partial charge in [0.2, 0.25) is 0 Å². The van der Waals surface area contributed by atoms with Crippen LogP contribution in [0.4, 0.5) is 0 Å². The molecule has 0 rings (SSSR count). The third-order valence-electron chi connectivity index (χ3n) is 2.48. The van der Waals surface area contributed by atoms with E-state index in [1.165, 1.54) is 19.3 Å². The minimum atomic E-state index is 0.140. The zero-order chi connectivity index (χ0) is 10.1. The Hall–Kier alpha value is -0.550. The van der Waals surface area contributed by atoms with Gasteiger partial charge in [-0.3, -0.25) is 4.90 Å². The first kappa shape index (κ1) is 12.4. The van der Waals surface area contributed by atoms with Crippen molar-refractivity contribution in [1.82, 2.24) is 4.90 Å². The zero-order valence-corrected chi connectivity index (χ0v) is 9.21. The van der Waals surface area contributed by atoms with Crippen LogP contribution in [0, 0.1) is 11.3 Å². The average Bonchev–Trinajstić information content (AvgIpc) is 2.17. The van der Waals surface area contributed by atoms with Crippen LogP contribution in [0.25, 0.3) is 0 Å². The third kappa shape index (κ3) is 4.90. The van der Waals surface area contributed by atoms with Crippen LogP contribution in [0.2, 0.25) is 0 Å². The molecule has 0 spiro atoms. The van der Waals surface area contributed by atoms with E-state index in [9.17, 15) is 0 Å². The summed E-state index contributed by atoms with van der Waals surface area (Å²) in [6.07, 6.45) is 4.70. The zero-order valence-electron chi connectivity index (χ0n) is 9.21. The van der Waals surface area contributed by atoms with Crippen LogP contribution in [-0.4, -0.2) is 24.0 Å². The fraction of sp³-hybridized carbons (Fsp3) is 0.909. The molecule has 0 aliphatic heterocycles. The fourth-order valence-corrected chi connectivity index (χ4v) is 1.58. The molecule has 0 saturated carbocycles. The van der Waals surface area contributed by atoms with Gasteiger partial charge in [-0.2, -0.15) is 5.26 Å². The van der Waals surface area contributed by atoms with Crippen molar-refractivity contribution >= 4 is 0 Å². The first-order valence-electron chi connectivity index (χ1n) is 5.43.